The second-order valence-corrected chi connectivity index (χ2v) is 9.63. The highest BCUT2D eigenvalue weighted by Gasteiger charge is 2.19. The molecule has 0 fully saturated rings. The van der Waals surface area contributed by atoms with Gasteiger partial charge in [-0.25, -0.2) is 4.39 Å². The van der Waals surface area contributed by atoms with Crippen molar-refractivity contribution in [3.8, 4) is 28.6 Å². The van der Waals surface area contributed by atoms with Crippen molar-refractivity contribution < 1.29 is 18.7 Å². The summed E-state index contributed by atoms with van der Waals surface area (Å²) in [6.07, 6.45) is 3.32. The van der Waals surface area contributed by atoms with Crippen molar-refractivity contribution >= 4 is 17.7 Å². The van der Waals surface area contributed by atoms with E-state index in [1.807, 2.05) is 48.5 Å². The van der Waals surface area contributed by atoms with Crippen LogP contribution in [0.2, 0.25) is 0 Å². The molecule has 8 nitrogen and oxygen atoms in total. The van der Waals surface area contributed by atoms with Crippen LogP contribution in [0.1, 0.15) is 21.5 Å². The first-order valence-electron chi connectivity index (χ1n) is 12.1. The van der Waals surface area contributed by atoms with Gasteiger partial charge in [0, 0.05) is 35.8 Å². The highest BCUT2D eigenvalue weighted by atomic mass is 32.2. The summed E-state index contributed by atoms with van der Waals surface area (Å²) in [4.78, 5) is 16.9. The number of halogens is 1. The van der Waals surface area contributed by atoms with Gasteiger partial charge in [-0.05, 0) is 59.7 Å². The first kappa shape index (κ1) is 24.6. The number of hydrogen-bond donors (Lipinski definition) is 1. The highest BCUT2D eigenvalue weighted by molar-refractivity contribution is 7.98. The highest BCUT2D eigenvalue weighted by Crippen LogP contribution is 2.33. The summed E-state index contributed by atoms with van der Waals surface area (Å²) in [5.41, 5.74) is 3.50. The summed E-state index contributed by atoms with van der Waals surface area (Å²) in [6.45, 7) is 0.565. The van der Waals surface area contributed by atoms with Crippen molar-refractivity contribution in [2.45, 2.75) is 17.5 Å². The number of fused-ring (bicyclic) bond motifs is 1. The van der Waals surface area contributed by atoms with Crippen molar-refractivity contribution in [2.75, 3.05) is 6.79 Å². The monoisotopic (exact) mass is 539 g/mol. The molecule has 0 bridgehead atoms. The Morgan fingerprint density at radius 1 is 0.923 bits per heavy atom. The zero-order chi connectivity index (χ0) is 26.6. The average molecular weight is 540 g/mol. The number of amides is 1. The molecule has 0 saturated carbocycles. The number of ether oxygens (including phenoxy) is 2. The van der Waals surface area contributed by atoms with E-state index in [9.17, 15) is 9.18 Å². The minimum Gasteiger partial charge on any atom is -0.454 e. The molecule has 0 spiro atoms. The fourth-order valence-corrected chi connectivity index (χ4v) is 5.07. The van der Waals surface area contributed by atoms with Crippen molar-refractivity contribution in [3.05, 3.63) is 114 Å². The Hall–Kier alpha value is -4.70. The molecule has 39 heavy (non-hydrogen) atoms. The molecule has 1 aliphatic rings. The lowest BCUT2D eigenvalue weighted by Gasteiger charge is -2.11. The molecule has 2 aromatic heterocycles. The molecule has 0 radical (unpaired) electrons. The van der Waals surface area contributed by atoms with Gasteiger partial charge >= 0.3 is 0 Å². The lowest BCUT2D eigenvalue weighted by atomic mass is 10.1. The standard InChI is InChI=1S/C29H22FN5O3S/c30-23-6-1-2-7-24(23)35-27(21-10-12-31-13-11-21)33-34-29(35)39-17-20-4-3-5-22(14-20)28(36)32-16-19-8-9-25-26(15-19)38-18-37-25/h1-15H,16-18H2,(H,32,36). The van der Waals surface area contributed by atoms with Gasteiger partial charge in [-0.1, -0.05) is 42.1 Å². The Bertz CT molecular complexity index is 1640. The van der Waals surface area contributed by atoms with Crippen LogP contribution < -0.4 is 14.8 Å². The Morgan fingerprint density at radius 2 is 1.77 bits per heavy atom. The molecule has 0 aliphatic carbocycles. The van der Waals surface area contributed by atoms with Crippen molar-refractivity contribution in [1.82, 2.24) is 25.1 Å². The number of para-hydroxylation sites is 1. The van der Waals surface area contributed by atoms with Crippen LogP contribution in [0.4, 0.5) is 4.39 Å². The summed E-state index contributed by atoms with van der Waals surface area (Å²) >= 11 is 1.41. The van der Waals surface area contributed by atoms with Gasteiger partial charge in [0.05, 0.1) is 5.69 Å². The van der Waals surface area contributed by atoms with Crippen LogP contribution in [0.3, 0.4) is 0 Å². The van der Waals surface area contributed by atoms with E-state index in [2.05, 4.69) is 20.5 Å². The second kappa shape index (κ2) is 11.0. The summed E-state index contributed by atoms with van der Waals surface area (Å²) in [5, 5.41) is 12.2. The van der Waals surface area contributed by atoms with Gasteiger partial charge in [0.1, 0.15) is 5.82 Å². The largest absolute Gasteiger partial charge is 0.454 e. The molecule has 10 heteroatoms. The van der Waals surface area contributed by atoms with Crippen molar-refractivity contribution in [1.29, 1.82) is 0 Å². The third kappa shape index (κ3) is 5.32. The predicted octanol–water partition coefficient (Wildman–Crippen LogP) is 5.42. The SMILES string of the molecule is O=C(NCc1ccc2c(c1)OCO2)c1cccc(CSc2nnc(-c3ccncc3)n2-c2ccccc2F)c1. The fourth-order valence-electron chi connectivity index (χ4n) is 4.19. The number of nitrogens with one attached hydrogen (secondary N) is 1. The smallest absolute Gasteiger partial charge is 0.251 e. The van der Waals surface area contributed by atoms with Crippen LogP contribution in [-0.2, 0) is 12.3 Å². The zero-order valence-corrected chi connectivity index (χ0v) is 21.4. The third-order valence-corrected chi connectivity index (χ3v) is 7.11. The molecule has 1 aliphatic heterocycles. The van der Waals surface area contributed by atoms with E-state index >= 15 is 0 Å². The first-order chi connectivity index (χ1) is 19.2. The van der Waals surface area contributed by atoms with Crippen LogP contribution in [0.15, 0.2) is 96.4 Å². The van der Waals surface area contributed by atoms with Crippen LogP contribution >= 0.6 is 11.8 Å². The van der Waals surface area contributed by atoms with E-state index in [1.165, 1.54) is 17.8 Å². The number of rotatable bonds is 8. The quantitative estimate of drug-likeness (QED) is 0.263. The molecule has 194 valence electrons. The number of aromatic nitrogens is 4. The van der Waals surface area contributed by atoms with Crippen LogP contribution in [0.5, 0.6) is 11.5 Å². The summed E-state index contributed by atoms with van der Waals surface area (Å²) in [5.74, 6) is 1.84. The Morgan fingerprint density at radius 3 is 2.64 bits per heavy atom. The minimum absolute atomic E-state index is 0.186. The minimum atomic E-state index is -0.379. The van der Waals surface area contributed by atoms with Crippen molar-refractivity contribution in [3.63, 3.8) is 0 Å². The molecule has 5 aromatic rings. The number of thioether (sulfide) groups is 1. The van der Waals surface area contributed by atoms with Crippen LogP contribution in [-0.4, -0.2) is 32.4 Å². The summed E-state index contributed by atoms with van der Waals surface area (Å²) < 4.78 is 27.3. The predicted molar refractivity (Wildman–Crippen MR) is 144 cm³/mol. The molecular formula is C29H22FN5O3S. The Labute approximate surface area is 227 Å². The van der Waals surface area contributed by atoms with E-state index in [-0.39, 0.29) is 18.5 Å². The molecular weight excluding hydrogens is 517 g/mol. The Balaban J connectivity index is 1.18. The van der Waals surface area contributed by atoms with E-state index in [1.54, 1.807) is 41.2 Å². The molecule has 3 aromatic carbocycles. The maximum Gasteiger partial charge on any atom is 0.251 e. The molecule has 0 unspecified atom stereocenters. The summed E-state index contributed by atoms with van der Waals surface area (Å²) in [6, 6.07) is 23.1. The molecule has 1 amide bonds. The van der Waals surface area contributed by atoms with E-state index in [0.29, 0.717) is 46.0 Å². The summed E-state index contributed by atoms with van der Waals surface area (Å²) in [7, 11) is 0. The fraction of sp³-hybridized carbons (Fsp3) is 0.103. The molecule has 1 N–H and O–H groups in total. The van der Waals surface area contributed by atoms with Crippen LogP contribution in [0, 0.1) is 5.82 Å². The van der Waals surface area contributed by atoms with Gasteiger partial charge in [-0.3, -0.25) is 14.3 Å². The number of pyridine rings is 1. The second-order valence-electron chi connectivity index (χ2n) is 8.69. The van der Waals surface area contributed by atoms with Gasteiger partial charge in [0.15, 0.2) is 22.5 Å². The first-order valence-corrected chi connectivity index (χ1v) is 13.1. The number of benzene rings is 3. The lowest BCUT2D eigenvalue weighted by molar-refractivity contribution is 0.0950. The van der Waals surface area contributed by atoms with Gasteiger partial charge in [0.2, 0.25) is 6.79 Å². The van der Waals surface area contributed by atoms with Gasteiger partial charge in [0.25, 0.3) is 5.91 Å². The number of carbonyl (C=O) groups is 1. The number of carbonyl (C=O) groups excluding carboxylic acids is 1. The lowest BCUT2D eigenvalue weighted by Crippen LogP contribution is -2.22. The molecule has 3 heterocycles. The molecule has 6 rings (SSSR count). The average Bonchev–Trinajstić information content (AvgIpc) is 3.62. The normalized spacial score (nSPS) is 11.9. The van der Waals surface area contributed by atoms with E-state index in [0.717, 1.165) is 16.7 Å². The maximum atomic E-state index is 14.8. The van der Waals surface area contributed by atoms with Gasteiger partial charge in [-0.15, -0.1) is 10.2 Å². The Kier molecular flexibility index (Phi) is 6.92. The van der Waals surface area contributed by atoms with Crippen molar-refractivity contribution in [2.24, 2.45) is 0 Å². The van der Waals surface area contributed by atoms with E-state index < -0.39 is 0 Å². The molecule has 0 saturated heterocycles. The third-order valence-electron chi connectivity index (χ3n) is 6.11. The van der Waals surface area contributed by atoms with E-state index in [4.69, 9.17) is 9.47 Å². The molecule has 0 atom stereocenters. The number of hydrogen-bond acceptors (Lipinski definition) is 7. The van der Waals surface area contributed by atoms with Crippen LogP contribution in [0.25, 0.3) is 17.1 Å². The van der Waals surface area contributed by atoms with Gasteiger partial charge < -0.3 is 14.8 Å². The van der Waals surface area contributed by atoms with Gasteiger partial charge in [-0.2, -0.15) is 0 Å². The topological polar surface area (TPSA) is 91.2 Å². The number of nitrogens with zero attached hydrogens (tertiary/aromatic N) is 4. The maximum absolute atomic E-state index is 14.8. The zero-order valence-electron chi connectivity index (χ0n) is 20.6.